The fourth-order valence-electron chi connectivity index (χ4n) is 1.02. The summed E-state index contributed by atoms with van der Waals surface area (Å²) in [7, 11) is 4.22. The second kappa shape index (κ2) is 2.87. The molecule has 0 aromatic rings. The molecule has 0 aromatic carbocycles. The van der Waals surface area contributed by atoms with E-state index in [9.17, 15) is 0 Å². The molecule has 0 bridgehead atoms. The predicted molar refractivity (Wildman–Crippen MR) is 39.2 cm³/mol. The standard InChI is InChI=1S/C7H14N2/c1-9(2)7-3-5-8-6-4-7/h3,5,7-8H,4,6H2,1-2H3. The van der Waals surface area contributed by atoms with Crippen LogP contribution in [0.5, 0.6) is 0 Å². The van der Waals surface area contributed by atoms with Gasteiger partial charge in [0.05, 0.1) is 0 Å². The number of nitrogens with zero attached hydrogens (tertiary/aromatic N) is 1. The van der Waals surface area contributed by atoms with Gasteiger partial charge in [-0.2, -0.15) is 0 Å². The van der Waals surface area contributed by atoms with Gasteiger partial charge in [-0.3, -0.25) is 0 Å². The van der Waals surface area contributed by atoms with Crippen LogP contribution in [0.15, 0.2) is 12.3 Å². The summed E-state index contributed by atoms with van der Waals surface area (Å²) >= 11 is 0. The van der Waals surface area contributed by atoms with Gasteiger partial charge in [0.25, 0.3) is 0 Å². The Morgan fingerprint density at radius 1 is 1.56 bits per heavy atom. The van der Waals surface area contributed by atoms with Crippen molar-refractivity contribution >= 4 is 0 Å². The van der Waals surface area contributed by atoms with Crippen molar-refractivity contribution in [3.63, 3.8) is 0 Å². The minimum Gasteiger partial charge on any atom is -0.391 e. The average molecular weight is 126 g/mol. The Morgan fingerprint density at radius 3 is 2.67 bits per heavy atom. The molecule has 0 saturated carbocycles. The van der Waals surface area contributed by atoms with Crippen LogP contribution in [0.4, 0.5) is 0 Å². The van der Waals surface area contributed by atoms with Crippen LogP contribution in [0.2, 0.25) is 0 Å². The molecule has 52 valence electrons. The van der Waals surface area contributed by atoms with E-state index in [1.165, 1.54) is 6.42 Å². The first-order valence-electron chi connectivity index (χ1n) is 3.37. The Balaban J connectivity index is 2.40. The lowest BCUT2D eigenvalue weighted by atomic mass is 10.1. The summed E-state index contributed by atoms with van der Waals surface area (Å²) in [6.07, 6.45) is 5.46. The summed E-state index contributed by atoms with van der Waals surface area (Å²) in [5.74, 6) is 0. The van der Waals surface area contributed by atoms with E-state index in [2.05, 4.69) is 30.4 Å². The van der Waals surface area contributed by atoms with Crippen molar-refractivity contribution in [2.45, 2.75) is 12.5 Å². The number of nitrogens with one attached hydrogen (secondary N) is 1. The van der Waals surface area contributed by atoms with Crippen LogP contribution in [-0.4, -0.2) is 31.6 Å². The van der Waals surface area contributed by atoms with Gasteiger partial charge in [0.15, 0.2) is 0 Å². The van der Waals surface area contributed by atoms with Crippen LogP contribution in [0.1, 0.15) is 6.42 Å². The van der Waals surface area contributed by atoms with Crippen molar-refractivity contribution in [1.29, 1.82) is 0 Å². The number of rotatable bonds is 1. The van der Waals surface area contributed by atoms with Gasteiger partial charge < -0.3 is 10.2 Å². The average Bonchev–Trinajstić information content (AvgIpc) is 1.90. The molecule has 1 atom stereocenters. The number of likely N-dealkylation sites (N-methyl/N-ethyl adjacent to an activating group) is 1. The number of hydrogen-bond acceptors (Lipinski definition) is 2. The van der Waals surface area contributed by atoms with E-state index in [1.807, 2.05) is 6.20 Å². The van der Waals surface area contributed by atoms with Crippen molar-refractivity contribution in [2.75, 3.05) is 20.6 Å². The molecular weight excluding hydrogens is 112 g/mol. The van der Waals surface area contributed by atoms with Gasteiger partial charge in [0, 0.05) is 12.6 Å². The fraction of sp³-hybridized carbons (Fsp3) is 0.714. The topological polar surface area (TPSA) is 15.3 Å². The highest BCUT2D eigenvalue weighted by atomic mass is 15.1. The minimum atomic E-state index is 0.645. The quantitative estimate of drug-likeness (QED) is 0.548. The molecule has 1 unspecified atom stereocenters. The molecule has 1 heterocycles. The van der Waals surface area contributed by atoms with E-state index >= 15 is 0 Å². The maximum absolute atomic E-state index is 3.16. The smallest absolute Gasteiger partial charge is 0.0305 e. The molecule has 0 spiro atoms. The third kappa shape index (κ3) is 1.72. The molecule has 2 heteroatoms. The fourth-order valence-corrected chi connectivity index (χ4v) is 1.02. The van der Waals surface area contributed by atoms with Crippen LogP contribution in [0.3, 0.4) is 0 Å². The van der Waals surface area contributed by atoms with Crippen molar-refractivity contribution in [1.82, 2.24) is 10.2 Å². The zero-order valence-corrected chi connectivity index (χ0v) is 6.09. The summed E-state index contributed by atoms with van der Waals surface area (Å²) in [5, 5.41) is 3.16. The Bertz CT molecular complexity index is 107. The molecule has 1 aliphatic heterocycles. The third-order valence-electron chi connectivity index (χ3n) is 1.68. The van der Waals surface area contributed by atoms with Crippen molar-refractivity contribution in [3.8, 4) is 0 Å². The summed E-state index contributed by atoms with van der Waals surface area (Å²) < 4.78 is 0. The molecule has 1 rings (SSSR count). The highest BCUT2D eigenvalue weighted by Gasteiger charge is 2.08. The van der Waals surface area contributed by atoms with Crippen LogP contribution in [0, 0.1) is 0 Å². The van der Waals surface area contributed by atoms with Crippen LogP contribution in [0.25, 0.3) is 0 Å². The summed E-state index contributed by atoms with van der Waals surface area (Å²) in [5.41, 5.74) is 0. The SMILES string of the molecule is CN(C)C1C=CNCC1. The largest absolute Gasteiger partial charge is 0.391 e. The Kier molecular flexibility index (Phi) is 2.11. The number of hydrogen-bond donors (Lipinski definition) is 1. The molecule has 0 fully saturated rings. The van der Waals surface area contributed by atoms with Gasteiger partial charge in [-0.1, -0.05) is 6.08 Å². The lowest BCUT2D eigenvalue weighted by Crippen LogP contribution is -2.32. The normalized spacial score (nSPS) is 26.3. The molecule has 9 heavy (non-hydrogen) atoms. The van der Waals surface area contributed by atoms with Crippen LogP contribution < -0.4 is 5.32 Å². The van der Waals surface area contributed by atoms with Crippen molar-refractivity contribution in [2.24, 2.45) is 0 Å². The first kappa shape index (κ1) is 6.62. The first-order chi connectivity index (χ1) is 4.30. The summed E-state index contributed by atoms with van der Waals surface area (Å²) in [6.45, 7) is 1.11. The molecular formula is C7H14N2. The van der Waals surface area contributed by atoms with E-state index in [-0.39, 0.29) is 0 Å². The molecule has 0 saturated heterocycles. The van der Waals surface area contributed by atoms with Gasteiger partial charge in [0.2, 0.25) is 0 Å². The monoisotopic (exact) mass is 126 g/mol. The molecule has 0 aliphatic carbocycles. The minimum absolute atomic E-state index is 0.645. The predicted octanol–water partition coefficient (Wildman–Crippen LogP) is 0.424. The zero-order valence-electron chi connectivity index (χ0n) is 6.09. The van der Waals surface area contributed by atoms with Crippen LogP contribution in [-0.2, 0) is 0 Å². The van der Waals surface area contributed by atoms with E-state index in [0.717, 1.165) is 6.54 Å². The van der Waals surface area contributed by atoms with Gasteiger partial charge in [-0.25, -0.2) is 0 Å². The maximum atomic E-state index is 3.16. The molecule has 0 amide bonds. The van der Waals surface area contributed by atoms with Crippen LogP contribution >= 0.6 is 0 Å². The second-order valence-corrected chi connectivity index (χ2v) is 2.63. The van der Waals surface area contributed by atoms with E-state index in [4.69, 9.17) is 0 Å². The summed E-state index contributed by atoms with van der Waals surface area (Å²) in [6, 6.07) is 0.645. The van der Waals surface area contributed by atoms with E-state index < -0.39 is 0 Å². The van der Waals surface area contributed by atoms with Gasteiger partial charge >= 0.3 is 0 Å². The Hall–Kier alpha value is -0.500. The molecule has 2 nitrogen and oxygen atoms in total. The lowest BCUT2D eigenvalue weighted by molar-refractivity contribution is 0.319. The zero-order chi connectivity index (χ0) is 6.69. The van der Waals surface area contributed by atoms with E-state index in [1.54, 1.807) is 0 Å². The molecule has 1 N–H and O–H groups in total. The molecule has 0 aromatic heterocycles. The second-order valence-electron chi connectivity index (χ2n) is 2.63. The lowest BCUT2D eigenvalue weighted by Gasteiger charge is -2.23. The Morgan fingerprint density at radius 2 is 2.33 bits per heavy atom. The highest BCUT2D eigenvalue weighted by molar-refractivity contribution is 4.96. The van der Waals surface area contributed by atoms with Gasteiger partial charge in [-0.05, 0) is 26.7 Å². The highest BCUT2D eigenvalue weighted by Crippen LogP contribution is 2.02. The van der Waals surface area contributed by atoms with Gasteiger partial charge in [-0.15, -0.1) is 0 Å². The maximum Gasteiger partial charge on any atom is 0.0305 e. The van der Waals surface area contributed by atoms with E-state index in [0.29, 0.717) is 6.04 Å². The Labute approximate surface area is 56.5 Å². The third-order valence-corrected chi connectivity index (χ3v) is 1.68. The molecule has 1 aliphatic rings. The van der Waals surface area contributed by atoms with Gasteiger partial charge in [0.1, 0.15) is 0 Å². The van der Waals surface area contributed by atoms with Crippen molar-refractivity contribution in [3.05, 3.63) is 12.3 Å². The summed E-state index contributed by atoms with van der Waals surface area (Å²) in [4.78, 5) is 2.23. The molecule has 0 radical (unpaired) electrons. The van der Waals surface area contributed by atoms with Crippen molar-refractivity contribution < 1.29 is 0 Å². The first-order valence-corrected chi connectivity index (χ1v) is 3.37.